The van der Waals surface area contributed by atoms with Crippen LogP contribution < -0.4 is 0 Å². The summed E-state index contributed by atoms with van der Waals surface area (Å²) in [6.45, 7) is 9.64. The van der Waals surface area contributed by atoms with E-state index in [1.54, 1.807) is 0 Å². The van der Waals surface area contributed by atoms with Gasteiger partial charge in [0, 0.05) is 18.5 Å². The lowest BCUT2D eigenvalue weighted by Gasteiger charge is -2.21. The minimum Gasteiger partial charge on any atom is -0.291 e. The summed E-state index contributed by atoms with van der Waals surface area (Å²) in [5.74, 6) is -2.48. The molecule has 1 nitrogen and oxygen atoms in total. The van der Waals surface area contributed by atoms with Crippen molar-refractivity contribution in [2.75, 3.05) is 6.54 Å². The van der Waals surface area contributed by atoms with Crippen molar-refractivity contribution in [3.8, 4) is 0 Å². The third-order valence-corrected chi connectivity index (χ3v) is 3.24. The monoisotopic (exact) mass is 257 g/mol. The second-order valence-corrected chi connectivity index (χ2v) is 5.10. The molecule has 104 valence electrons. The lowest BCUT2D eigenvalue weighted by atomic mass is 10.1. The molecule has 1 aliphatic carbocycles. The fourth-order valence-electron chi connectivity index (χ4n) is 2.40. The smallest absolute Gasteiger partial charge is 0.262 e. The highest BCUT2D eigenvalue weighted by Gasteiger charge is 2.48. The third-order valence-electron chi connectivity index (χ3n) is 3.24. The fraction of sp³-hybridized carbons (Fsp3) is 0.733. The molecule has 2 fully saturated rings. The molecule has 0 aromatic rings. The maximum absolute atomic E-state index is 13.3. The molecule has 1 unspecified atom stereocenters. The van der Waals surface area contributed by atoms with Gasteiger partial charge >= 0.3 is 0 Å². The molecular weight excluding hydrogens is 232 g/mol. The van der Waals surface area contributed by atoms with Gasteiger partial charge in [0.05, 0.1) is 6.54 Å². The van der Waals surface area contributed by atoms with Gasteiger partial charge in [-0.15, -0.1) is 0 Å². The highest BCUT2D eigenvalue weighted by molar-refractivity contribution is 5.12. The van der Waals surface area contributed by atoms with Crippen LogP contribution in [0.2, 0.25) is 0 Å². The number of allylic oxidation sites excluding steroid dienone is 2. The first-order chi connectivity index (χ1) is 8.48. The highest BCUT2D eigenvalue weighted by atomic mass is 19.3. The number of hydrogen-bond donors (Lipinski definition) is 0. The Kier molecular flexibility index (Phi) is 5.51. The Hall–Kier alpha value is -0.700. The van der Waals surface area contributed by atoms with Crippen LogP contribution in [0.4, 0.5) is 8.78 Å². The van der Waals surface area contributed by atoms with Crippen molar-refractivity contribution >= 4 is 0 Å². The quantitative estimate of drug-likeness (QED) is 0.674. The van der Waals surface area contributed by atoms with Crippen LogP contribution in [0.25, 0.3) is 0 Å². The molecule has 0 radical (unpaired) electrons. The predicted octanol–water partition coefficient (Wildman–Crippen LogP) is 4.41. The van der Waals surface area contributed by atoms with E-state index in [0.717, 1.165) is 24.8 Å². The SMILES string of the molecule is C=C(C)/C=C/CC1CC(F)(F)CN1C1CC1.CC. The number of rotatable bonds is 4. The summed E-state index contributed by atoms with van der Waals surface area (Å²) in [5, 5.41) is 0. The van der Waals surface area contributed by atoms with Crippen molar-refractivity contribution in [2.45, 2.75) is 64.5 Å². The fourth-order valence-corrected chi connectivity index (χ4v) is 2.40. The average molecular weight is 257 g/mol. The zero-order valence-corrected chi connectivity index (χ0v) is 11.8. The van der Waals surface area contributed by atoms with Crippen molar-refractivity contribution in [1.29, 1.82) is 0 Å². The van der Waals surface area contributed by atoms with Gasteiger partial charge in [0.2, 0.25) is 0 Å². The summed E-state index contributed by atoms with van der Waals surface area (Å²) in [4.78, 5) is 2.00. The zero-order chi connectivity index (χ0) is 13.8. The Morgan fingerprint density at radius 2 is 2.00 bits per heavy atom. The van der Waals surface area contributed by atoms with Gasteiger partial charge in [-0.25, -0.2) is 8.78 Å². The minimum absolute atomic E-state index is 0.0179. The summed E-state index contributed by atoms with van der Waals surface area (Å²) in [6.07, 6.45) is 6.82. The molecule has 0 amide bonds. The van der Waals surface area contributed by atoms with E-state index in [9.17, 15) is 8.78 Å². The van der Waals surface area contributed by atoms with Gasteiger partial charge in [-0.3, -0.25) is 4.90 Å². The van der Waals surface area contributed by atoms with Gasteiger partial charge in [0.1, 0.15) is 0 Å². The van der Waals surface area contributed by atoms with E-state index in [0.29, 0.717) is 6.04 Å². The minimum atomic E-state index is -2.48. The van der Waals surface area contributed by atoms with Crippen LogP contribution in [0.5, 0.6) is 0 Å². The van der Waals surface area contributed by atoms with Crippen molar-refractivity contribution in [1.82, 2.24) is 4.90 Å². The molecule has 0 N–H and O–H groups in total. The van der Waals surface area contributed by atoms with Crippen LogP contribution in [0, 0.1) is 0 Å². The normalized spacial score (nSPS) is 27.1. The first-order valence-electron chi connectivity index (χ1n) is 6.93. The Balaban J connectivity index is 0.000000771. The van der Waals surface area contributed by atoms with E-state index in [4.69, 9.17) is 0 Å². The van der Waals surface area contributed by atoms with Crippen LogP contribution in [-0.4, -0.2) is 29.5 Å². The van der Waals surface area contributed by atoms with Gasteiger partial charge in [0.15, 0.2) is 0 Å². The van der Waals surface area contributed by atoms with Crippen LogP contribution in [0.1, 0.15) is 46.5 Å². The molecule has 1 heterocycles. The van der Waals surface area contributed by atoms with Crippen LogP contribution >= 0.6 is 0 Å². The number of halogens is 2. The maximum atomic E-state index is 13.3. The third kappa shape index (κ3) is 4.52. The van der Waals surface area contributed by atoms with Gasteiger partial charge in [0.25, 0.3) is 5.92 Å². The molecule has 2 aliphatic rings. The molecular formula is C15H25F2N. The second kappa shape index (κ2) is 6.46. The average Bonchev–Trinajstić information content (AvgIpc) is 3.07. The molecule has 1 atom stereocenters. The van der Waals surface area contributed by atoms with E-state index in [2.05, 4.69) is 6.58 Å². The second-order valence-electron chi connectivity index (χ2n) is 5.10. The van der Waals surface area contributed by atoms with E-state index < -0.39 is 5.92 Å². The Bertz CT molecular complexity index is 306. The lowest BCUT2D eigenvalue weighted by molar-refractivity contribution is 0.0112. The first kappa shape index (κ1) is 15.4. The molecule has 0 spiro atoms. The van der Waals surface area contributed by atoms with E-state index >= 15 is 0 Å². The van der Waals surface area contributed by atoms with Gasteiger partial charge in [-0.1, -0.05) is 38.2 Å². The van der Waals surface area contributed by atoms with E-state index in [-0.39, 0.29) is 19.0 Å². The molecule has 0 bridgehead atoms. The topological polar surface area (TPSA) is 3.24 Å². The summed E-state index contributed by atoms with van der Waals surface area (Å²) in [6, 6.07) is 0.453. The molecule has 1 saturated carbocycles. The van der Waals surface area contributed by atoms with Crippen LogP contribution in [0.3, 0.4) is 0 Å². The van der Waals surface area contributed by atoms with Crippen molar-refractivity contribution in [3.05, 3.63) is 24.3 Å². The number of likely N-dealkylation sites (tertiary alicyclic amines) is 1. The molecule has 0 aromatic heterocycles. The van der Waals surface area contributed by atoms with E-state index in [1.807, 2.05) is 37.8 Å². The molecule has 0 aromatic carbocycles. The standard InChI is InChI=1S/C13H19F2N.C2H6/c1-10(2)4-3-5-12-8-13(14,15)9-16(12)11-6-7-11;1-2/h3-4,11-12H,1,5-9H2,2H3;1-2H3/b4-3+;. The Morgan fingerprint density at radius 3 is 2.50 bits per heavy atom. The summed E-state index contributed by atoms with van der Waals surface area (Å²) >= 11 is 0. The number of alkyl halides is 2. The van der Waals surface area contributed by atoms with Gasteiger partial charge < -0.3 is 0 Å². The van der Waals surface area contributed by atoms with Crippen molar-refractivity contribution in [2.24, 2.45) is 0 Å². The van der Waals surface area contributed by atoms with Gasteiger partial charge in [-0.2, -0.15) is 0 Å². The first-order valence-corrected chi connectivity index (χ1v) is 6.93. The van der Waals surface area contributed by atoms with E-state index in [1.165, 1.54) is 0 Å². The highest BCUT2D eigenvalue weighted by Crippen LogP contribution is 2.40. The summed E-state index contributed by atoms with van der Waals surface area (Å²) in [5.41, 5.74) is 0.975. The molecule has 1 aliphatic heterocycles. The number of nitrogens with zero attached hydrogens (tertiary/aromatic N) is 1. The maximum Gasteiger partial charge on any atom is 0.262 e. The molecule has 18 heavy (non-hydrogen) atoms. The largest absolute Gasteiger partial charge is 0.291 e. The van der Waals surface area contributed by atoms with Crippen LogP contribution in [-0.2, 0) is 0 Å². The van der Waals surface area contributed by atoms with Crippen molar-refractivity contribution < 1.29 is 8.78 Å². The molecule has 1 saturated heterocycles. The van der Waals surface area contributed by atoms with Gasteiger partial charge in [-0.05, 0) is 26.2 Å². The molecule has 2 rings (SSSR count). The summed E-state index contributed by atoms with van der Waals surface area (Å²) < 4.78 is 26.7. The predicted molar refractivity (Wildman–Crippen MR) is 73.0 cm³/mol. The molecule has 3 heteroatoms. The van der Waals surface area contributed by atoms with Crippen LogP contribution in [0.15, 0.2) is 24.3 Å². The Morgan fingerprint density at radius 1 is 1.39 bits per heavy atom. The zero-order valence-electron chi connectivity index (χ0n) is 11.8. The summed E-state index contributed by atoms with van der Waals surface area (Å²) in [7, 11) is 0. The Labute approximate surface area is 110 Å². The van der Waals surface area contributed by atoms with Crippen molar-refractivity contribution in [3.63, 3.8) is 0 Å². The number of hydrogen-bond acceptors (Lipinski definition) is 1. The lowest BCUT2D eigenvalue weighted by Crippen LogP contribution is -2.32.